The van der Waals surface area contributed by atoms with E-state index in [1.165, 1.54) is 0 Å². The molecule has 0 aliphatic carbocycles. The molecule has 6 heavy (non-hydrogen) atoms. The van der Waals surface area contributed by atoms with Gasteiger partial charge in [0.2, 0.25) is 0 Å². The minimum Gasteiger partial charge on any atom is -0.201 e. The van der Waals surface area contributed by atoms with E-state index in [0.717, 1.165) is 0 Å². The largest absolute Gasteiger partial charge is 0.201 e. The zero-order valence-electron chi connectivity index (χ0n) is 2.70. The van der Waals surface area contributed by atoms with Gasteiger partial charge in [-0.3, -0.25) is 0 Å². The topological polar surface area (TPSA) is 90.4 Å². The second-order valence-corrected chi connectivity index (χ2v) is 0.353. The molecule has 0 atom stereocenters. The van der Waals surface area contributed by atoms with E-state index in [1.54, 1.807) is 0 Å². The first kappa shape index (κ1) is 4.96. The van der Waals surface area contributed by atoms with Crippen molar-refractivity contribution >= 4 is 0 Å². The molecule has 0 unspecified atom stereocenters. The Morgan fingerprint density at radius 1 is 1.67 bits per heavy atom. The molecule has 0 spiro atoms. The van der Waals surface area contributed by atoms with Crippen molar-refractivity contribution in [1.82, 2.24) is 0 Å². The minimum absolute atomic E-state index is 2.35. The van der Waals surface area contributed by atoms with Gasteiger partial charge in [0.1, 0.15) is 0 Å². The number of hydrogen-bond donors (Lipinski definition) is 2. The van der Waals surface area contributed by atoms with Gasteiger partial charge in [-0.25, -0.2) is 4.99 Å². The molecule has 0 aromatic rings. The molecule has 0 heterocycles. The summed E-state index contributed by atoms with van der Waals surface area (Å²) in [6.45, 7) is 0. The molecule has 0 aromatic heterocycles. The van der Waals surface area contributed by atoms with Crippen LogP contribution >= 0.6 is 0 Å². The van der Waals surface area contributed by atoms with Crippen LogP contribution in [-0.2, 0) is 4.99 Å². The van der Waals surface area contributed by atoms with Gasteiger partial charge in [-0.05, 0) is 5.22 Å². The Balaban J connectivity index is 2.94. The zero-order valence-corrected chi connectivity index (χ0v) is 2.70. The number of nitrogens with zero attached hydrogens (tertiary/aromatic N) is 3. The maximum absolute atomic E-state index is 7.29. The summed E-state index contributed by atoms with van der Waals surface area (Å²) in [6, 6.07) is 0. The summed E-state index contributed by atoms with van der Waals surface area (Å²) in [5.41, 5.74) is 5.88. The molecule has 0 bridgehead atoms. The van der Waals surface area contributed by atoms with Crippen molar-refractivity contribution in [2.45, 2.75) is 0 Å². The zero-order chi connectivity index (χ0) is 4.83. The molecule has 0 radical (unpaired) electrons. The van der Waals surface area contributed by atoms with Gasteiger partial charge in [0.05, 0.1) is 5.28 Å². The molecular formula is H2N4O2. The highest BCUT2D eigenvalue weighted by Crippen LogP contribution is 1.70. The first-order chi connectivity index (χ1) is 2.91. The van der Waals surface area contributed by atoms with E-state index in [2.05, 4.69) is 20.7 Å². The highest BCUT2D eigenvalue weighted by Gasteiger charge is 1.57. The second kappa shape index (κ2) is 3.96. The van der Waals surface area contributed by atoms with Gasteiger partial charge in [-0.1, -0.05) is 0 Å². The summed E-state index contributed by atoms with van der Waals surface area (Å²) in [5.74, 6) is 0. The van der Waals surface area contributed by atoms with E-state index in [-0.39, 0.29) is 0 Å². The molecule has 0 saturated carbocycles. The third-order valence-corrected chi connectivity index (χ3v) is 0.118. The van der Waals surface area contributed by atoms with Crippen molar-refractivity contribution in [3.05, 3.63) is 0 Å². The smallest absolute Gasteiger partial charge is 0.0874 e. The number of nitrogens with one attached hydrogen (secondary N) is 1. The fourth-order valence-corrected chi connectivity index (χ4v) is 0.0346. The Bertz CT molecular complexity index is 56.6. The molecule has 6 heteroatoms. The lowest BCUT2D eigenvalue weighted by molar-refractivity contribution is -0.251. The lowest BCUT2D eigenvalue weighted by atomic mass is 12.6. The van der Waals surface area contributed by atoms with Crippen LogP contribution in [0.15, 0.2) is 15.7 Å². The Kier molecular flexibility index (Phi) is 3.27. The monoisotopic (exact) mass is 90.0 g/mol. The summed E-state index contributed by atoms with van der Waals surface area (Å²) in [6.07, 6.45) is 0. The van der Waals surface area contributed by atoms with E-state index in [0.29, 0.717) is 0 Å². The van der Waals surface area contributed by atoms with Crippen molar-refractivity contribution in [3.8, 4) is 0 Å². The fourth-order valence-electron chi connectivity index (χ4n) is 0.0346. The number of rotatable bonds is 2. The Labute approximate surface area is 32.8 Å². The maximum atomic E-state index is 7.29. The van der Waals surface area contributed by atoms with Crippen molar-refractivity contribution in [1.29, 1.82) is 5.53 Å². The lowest BCUT2D eigenvalue weighted by Crippen LogP contribution is -1.59. The normalized spacial score (nSPS) is 8.83. The molecular weight excluding hydrogens is 88.0 g/mol. The minimum atomic E-state index is 2.35. The van der Waals surface area contributed by atoms with Crippen molar-refractivity contribution in [3.63, 3.8) is 0 Å². The first-order valence-electron chi connectivity index (χ1n) is 0.989. The summed E-state index contributed by atoms with van der Waals surface area (Å²) >= 11 is 0. The van der Waals surface area contributed by atoms with Crippen LogP contribution in [0.25, 0.3) is 0 Å². The Morgan fingerprint density at radius 2 is 2.33 bits per heavy atom. The highest BCUT2D eigenvalue weighted by atomic mass is 17.2. The molecule has 0 aromatic carbocycles. The SMILES string of the molecule is N=N/N=N/OO. The molecule has 34 valence electrons. The summed E-state index contributed by atoms with van der Waals surface area (Å²) in [7, 11) is 0. The van der Waals surface area contributed by atoms with Gasteiger partial charge >= 0.3 is 0 Å². The van der Waals surface area contributed by atoms with Crippen LogP contribution in [0.4, 0.5) is 0 Å². The van der Waals surface area contributed by atoms with Crippen LogP contribution < -0.4 is 0 Å². The average molecular weight is 90.0 g/mol. The summed E-state index contributed by atoms with van der Waals surface area (Å²) in [5, 5.41) is 14.6. The van der Waals surface area contributed by atoms with Gasteiger partial charge in [0.25, 0.3) is 0 Å². The molecule has 2 N–H and O–H groups in total. The second-order valence-electron chi connectivity index (χ2n) is 0.353. The molecule has 0 amide bonds. The average Bonchev–Trinajstić information content (AvgIpc) is 1.61. The Morgan fingerprint density at radius 3 is 2.50 bits per heavy atom. The van der Waals surface area contributed by atoms with E-state index < -0.39 is 0 Å². The predicted molar refractivity (Wildman–Crippen MR) is 13.7 cm³/mol. The van der Waals surface area contributed by atoms with Crippen LogP contribution in [0.5, 0.6) is 0 Å². The molecule has 0 aliphatic rings. The number of hydrogen-bond acceptors (Lipinski definition) is 4. The lowest BCUT2D eigenvalue weighted by Gasteiger charge is -1.68. The van der Waals surface area contributed by atoms with Crippen LogP contribution in [0, 0.1) is 5.53 Å². The highest BCUT2D eigenvalue weighted by molar-refractivity contribution is 3.82. The van der Waals surface area contributed by atoms with Gasteiger partial charge in [0.15, 0.2) is 0 Å². The van der Waals surface area contributed by atoms with Crippen LogP contribution in [-0.4, -0.2) is 5.26 Å². The van der Waals surface area contributed by atoms with Crippen LogP contribution in [0.2, 0.25) is 0 Å². The van der Waals surface area contributed by atoms with E-state index in [9.17, 15) is 0 Å². The molecule has 6 nitrogen and oxygen atoms in total. The van der Waals surface area contributed by atoms with E-state index >= 15 is 0 Å². The molecule has 0 fully saturated rings. The fraction of sp³-hybridized carbons (Fsp3) is 0. The molecule has 0 aliphatic heterocycles. The third kappa shape index (κ3) is 2.96. The predicted octanol–water partition coefficient (Wildman–Crippen LogP) is 0.789. The van der Waals surface area contributed by atoms with Crippen molar-refractivity contribution in [2.24, 2.45) is 15.7 Å². The summed E-state index contributed by atoms with van der Waals surface area (Å²) in [4.78, 5) is 3.03. The van der Waals surface area contributed by atoms with E-state index in [1.807, 2.05) is 0 Å². The summed E-state index contributed by atoms with van der Waals surface area (Å²) < 4.78 is 0. The van der Waals surface area contributed by atoms with Crippen molar-refractivity contribution in [2.75, 3.05) is 0 Å². The Hall–Kier alpha value is -1.04. The van der Waals surface area contributed by atoms with Gasteiger partial charge in [0, 0.05) is 5.22 Å². The van der Waals surface area contributed by atoms with E-state index in [4.69, 9.17) is 10.8 Å². The van der Waals surface area contributed by atoms with Gasteiger partial charge in [-0.2, -0.15) is 10.8 Å². The standard InChI is InChI=1S/H2N4O2/c1-2-3-4-6-5/h1,5H/b2-1?,4-3+. The van der Waals surface area contributed by atoms with Crippen LogP contribution in [0.3, 0.4) is 0 Å². The molecule has 0 rings (SSSR count). The molecule has 0 saturated heterocycles. The van der Waals surface area contributed by atoms with Gasteiger partial charge < -0.3 is 0 Å². The van der Waals surface area contributed by atoms with Crippen LogP contribution in [0.1, 0.15) is 0 Å². The maximum Gasteiger partial charge on any atom is 0.0874 e. The first-order valence-corrected chi connectivity index (χ1v) is 0.989. The van der Waals surface area contributed by atoms with Crippen molar-refractivity contribution < 1.29 is 10.2 Å². The quantitative estimate of drug-likeness (QED) is 0.298. The van der Waals surface area contributed by atoms with Gasteiger partial charge in [-0.15, -0.1) is 0 Å². The third-order valence-electron chi connectivity index (χ3n) is 0.118.